The summed E-state index contributed by atoms with van der Waals surface area (Å²) in [5.41, 5.74) is 6.90. The van der Waals surface area contributed by atoms with Gasteiger partial charge in [0, 0.05) is 17.2 Å². The molecule has 0 saturated carbocycles. The minimum absolute atomic E-state index is 0.199. The number of hydrogen-bond donors (Lipinski definition) is 1. The van der Waals surface area contributed by atoms with E-state index >= 15 is 0 Å². The van der Waals surface area contributed by atoms with Gasteiger partial charge in [-0.25, -0.2) is 4.39 Å². The van der Waals surface area contributed by atoms with Gasteiger partial charge in [0.2, 0.25) is 5.88 Å². The molecule has 1 aromatic heterocycles. The maximum Gasteiger partial charge on any atom is 0.225 e. The molecule has 0 aliphatic rings. The van der Waals surface area contributed by atoms with E-state index in [1.54, 1.807) is 19.1 Å². The number of methoxy groups -OCH3 is 1. The van der Waals surface area contributed by atoms with Crippen molar-refractivity contribution in [2.24, 2.45) is 0 Å². The molecule has 0 radical (unpaired) electrons. The lowest BCUT2D eigenvalue weighted by molar-refractivity contribution is 0.411. The van der Waals surface area contributed by atoms with Crippen molar-refractivity contribution in [2.45, 2.75) is 6.92 Å². The largest absolute Gasteiger partial charge is 0.497 e. The van der Waals surface area contributed by atoms with Crippen LogP contribution in [0.2, 0.25) is 0 Å². The third-order valence-corrected chi connectivity index (χ3v) is 2.39. The molecule has 0 saturated heterocycles. The number of hydrogen-bond acceptors (Lipinski definition) is 4. The summed E-state index contributed by atoms with van der Waals surface area (Å²) < 4.78 is 23.4. The zero-order valence-electron chi connectivity index (χ0n) is 8.95. The summed E-state index contributed by atoms with van der Waals surface area (Å²) in [4.78, 5) is 0. The van der Waals surface area contributed by atoms with Crippen LogP contribution >= 0.6 is 0 Å². The minimum atomic E-state index is -0.421. The van der Waals surface area contributed by atoms with Crippen LogP contribution in [0.15, 0.2) is 22.7 Å². The number of nitrogens with zero attached hydrogens (tertiary/aromatic N) is 1. The van der Waals surface area contributed by atoms with E-state index in [1.165, 1.54) is 13.2 Å². The van der Waals surface area contributed by atoms with E-state index in [0.29, 0.717) is 22.6 Å². The van der Waals surface area contributed by atoms with Gasteiger partial charge in [-0.3, -0.25) is 0 Å². The number of anilines is 1. The second-order valence-electron chi connectivity index (χ2n) is 3.37. The first-order valence-corrected chi connectivity index (χ1v) is 4.69. The molecule has 0 amide bonds. The average Bonchev–Trinajstić information content (AvgIpc) is 2.60. The number of nitrogens with two attached hydrogens (primary N) is 1. The van der Waals surface area contributed by atoms with Crippen LogP contribution in [0.25, 0.3) is 11.3 Å². The van der Waals surface area contributed by atoms with Gasteiger partial charge in [-0.05, 0) is 19.1 Å². The Balaban J connectivity index is 2.52. The molecular formula is C11H11FN2O2. The van der Waals surface area contributed by atoms with Gasteiger partial charge >= 0.3 is 0 Å². The Labute approximate surface area is 91.8 Å². The maximum absolute atomic E-state index is 13.7. The van der Waals surface area contributed by atoms with Crippen LogP contribution in [0.4, 0.5) is 10.3 Å². The van der Waals surface area contributed by atoms with Crippen molar-refractivity contribution in [1.29, 1.82) is 0 Å². The SMILES string of the molecule is COc1ccc(-c2noc(N)c2C)c(F)c1. The second-order valence-corrected chi connectivity index (χ2v) is 3.37. The first-order chi connectivity index (χ1) is 7.63. The summed E-state index contributed by atoms with van der Waals surface area (Å²) in [5, 5.41) is 3.72. The second kappa shape index (κ2) is 3.84. The van der Waals surface area contributed by atoms with Crippen LogP contribution in [-0.4, -0.2) is 12.3 Å². The molecule has 0 bridgehead atoms. The highest BCUT2D eigenvalue weighted by atomic mass is 19.1. The Morgan fingerprint density at radius 2 is 2.19 bits per heavy atom. The molecule has 0 atom stereocenters. The Hall–Kier alpha value is -2.04. The van der Waals surface area contributed by atoms with Crippen LogP contribution in [-0.2, 0) is 0 Å². The third-order valence-electron chi connectivity index (χ3n) is 2.39. The third kappa shape index (κ3) is 1.60. The number of rotatable bonds is 2. The molecule has 0 fully saturated rings. The number of ether oxygens (including phenoxy) is 1. The molecule has 0 aliphatic heterocycles. The number of halogens is 1. The van der Waals surface area contributed by atoms with Crippen LogP contribution in [0, 0.1) is 12.7 Å². The van der Waals surface area contributed by atoms with Gasteiger partial charge in [-0.15, -0.1) is 0 Å². The van der Waals surface area contributed by atoms with E-state index < -0.39 is 5.82 Å². The highest BCUT2D eigenvalue weighted by Crippen LogP contribution is 2.29. The summed E-state index contributed by atoms with van der Waals surface area (Å²) in [7, 11) is 1.48. The zero-order valence-corrected chi connectivity index (χ0v) is 8.95. The van der Waals surface area contributed by atoms with E-state index in [9.17, 15) is 4.39 Å². The van der Waals surface area contributed by atoms with Gasteiger partial charge < -0.3 is 15.0 Å². The van der Waals surface area contributed by atoms with E-state index in [0.717, 1.165) is 0 Å². The predicted octanol–water partition coefficient (Wildman–Crippen LogP) is 2.38. The van der Waals surface area contributed by atoms with Crippen molar-refractivity contribution < 1.29 is 13.7 Å². The number of nitrogen functional groups attached to an aromatic ring is 1. The molecular weight excluding hydrogens is 211 g/mol. The highest BCUT2D eigenvalue weighted by Gasteiger charge is 2.15. The molecule has 1 aromatic carbocycles. The highest BCUT2D eigenvalue weighted by molar-refractivity contribution is 5.67. The van der Waals surface area contributed by atoms with E-state index in [1.807, 2.05) is 0 Å². The van der Waals surface area contributed by atoms with Gasteiger partial charge in [0.15, 0.2) is 0 Å². The Kier molecular flexibility index (Phi) is 2.52. The molecule has 0 spiro atoms. The topological polar surface area (TPSA) is 61.3 Å². The van der Waals surface area contributed by atoms with Gasteiger partial charge in [-0.1, -0.05) is 5.16 Å². The molecule has 2 rings (SSSR count). The summed E-state index contributed by atoms with van der Waals surface area (Å²) in [5.74, 6) is 0.233. The van der Waals surface area contributed by atoms with Crippen LogP contribution < -0.4 is 10.5 Å². The average molecular weight is 222 g/mol. The van der Waals surface area contributed by atoms with Crippen molar-refractivity contribution in [1.82, 2.24) is 5.16 Å². The molecule has 0 aliphatic carbocycles. The Bertz CT molecular complexity index is 523. The smallest absolute Gasteiger partial charge is 0.225 e. The zero-order chi connectivity index (χ0) is 11.7. The molecule has 84 valence electrons. The molecule has 16 heavy (non-hydrogen) atoms. The first kappa shape index (κ1) is 10.5. The summed E-state index contributed by atoms with van der Waals surface area (Å²) in [6, 6.07) is 4.53. The predicted molar refractivity (Wildman–Crippen MR) is 57.6 cm³/mol. The van der Waals surface area contributed by atoms with E-state index in [4.69, 9.17) is 15.0 Å². The van der Waals surface area contributed by atoms with Crippen molar-refractivity contribution in [3.05, 3.63) is 29.6 Å². The van der Waals surface area contributed by atoms with Crippen molar-refractivity contribution in [2.75, 3.05) is 12.8 Å². The molecule has 2 aromatic rings. The fraction of sp³-hybridized carbons (Fsp3) is 0.182. The van der Waals surface area contributed by atoms with Gasteiger partial charge in [0.1, 0.15) is 17.3 Å². The van der Waals surface area contributed by atoms with Crippen LogP contribution in [0.1, 0.15) is 5.56 Å². The summed E-state index contributed by atoms with van der Waals surface area (Å²) in [6.45, 7) is 1.73. The lowest BCUT2D eigenvalue weighted by atomic mass is 10.1. The number of aromatic nitrogens is 1. The quantitative estimate of drug-likeness (QED) is 0.847. The van der Waals surface area contributed by atoms with Gasteiger partial charge in [0.25, 0.3) is 0 Å². The molecule has 4 nitrogen and oxygen atoms in total. The monoisotopic (exact) mass is 222 g/mol. The normalized spacial score (nSPS) is 10.4. The van der Waals surface area contributed by atoms with E-state index in [2.05, 4.69) is 5.16 Å². The number of benzene rings is 1. The maximum atomic E-state index is 13.7. The molecule has 2 N–H and O–H groups in total. The Morgan fingerprint density at radius 3 is 2.69 bits per heavy atom. The van der Waals surface area contributed by atoms with Gasteiger partial charge in [-0.2, -0.15) is 0 Å². The fourth-order valence-electron chi connectivity index (χ4n) is 1.41. The molecule has 0 unspecified atom stereocenters. The lowest BCUT2D eigenvalue weighted by Crippen LogP contribution is -1.90. The lowest BCUT2D eigenvalue weighted by Gasteiger charge is -2.03. The van der Waals surface area contributed by atoms with Crippen molar-refractivity contribution >= 4 is 5.88 Å². The van der Waals surface area contributed by atoms with E-state index in [-0.39, 0.29) is 5.88 Å². The van der Waals surface area contributed by atoms with Crippen molar-refractivity contribution in [3.63, 3.8) is 0 Å². The minimum Gasteiger partial charge on any atom is -0.497 e. The Morgan fingerprint density at radius 1 is 1.44 bits per heavy atom. The molecule has 5 heteroatoms. The first-order valence-electron chi connectivity index (χ1n) is 4.69. The van der Waals surface area contributed by atoms with Crippen molar-refractivity contribution in [3.8, 4) is 17.0 Å². The van der Waals surface area contributed by atoms with Gasteiger partial charge in [0.05, 0.1) is 7.11 Å². The van der Waals surface area contributed by atoms with Crippen LogP contribution in [0.5, 0.6) is 5.75 Å². The summed E-state index contributed by atoms with van der Waals surface area (Å²) >= 11 is 0. The fourth-order valence-corrected chi connectivity index (χ4v) is 1.41. The standard InChI is InChI=1S/C11H11FN2O2/c1-6-10(14-16-11(6)13)8-4-3-7(15-2)5-9(8)12/h3-5H,13H2,1-2H3. The molecule has 1 heterocycles. The summed E-state index contributed by atoms with van der Waals surface area (Å²) in [6.07, 6.45) is 0. The van der Waals surface area contributed by atoms with Crippen LogP contribution in [0.3, 0.4) is 0 Å².